The third-order valence-corrected chi connectivity index (χ3v) is 3.23. The normalized spacial score (nSPS) is 21.7. The molecule has 1 atom stereocenters. The molecule has 5 heteroatoms. The molecule has 1 aromatic carbocycles. The first-order chi connectivity index (χ1) is 6.09. The van der Waals surface area contributed by atoms with E-state index in [0.29, 0.717) is 6.54 Å². The maximum absolute atomic E-state index is 10.8. The van der Waals surface area contributed by atoms with Crippen LogP contribution in [0.25, 0.3) is 0 Å². The van der Waals surface area contributed by atoms with Gasteiger partial charge in [0.05, 0.1) is 6.54 Å². The van der Waals surface area contributed by atoms with Gasteiger partial charge in [-0.25, -0.2) is 0 Å². The van der Waals surface area contributed by atoms with Gasteiger partial charge in [0, 0.05) is 5.69 Å². The summed E-state index contributed by atoms with van der Waals surface area (Å²) in [5.74, 6) is -0.616. The Morgan fingerprint density at radius 2 is 2.08 bits per heavy atom. The Kier molecular flexibility index (Phi) is 1.91. The number of hydrogen-bond donors (Lipinski definition) is 2. The van der Waals surface area contributed by atoms with Gasteiger partial charge >= 0.3 is 7.60 Å². The number of rotatable bonds is 2. The van der Waals surface area contributed by atoms with Gasteiger partial charge in [-0.3, -0.25) is 4.57 Å². The Labute approximate surface area is 76.0 Å². The minimum absolute atomic E-state index is 0.439. The van der Waals surface area contributed by atoms with E-state index in [0.717, 1.165) is 5.69 Å². The zero-order chi connectivity index (χ0) is 9.47. The average molecular weight is 198 g/mol. The van der Waals surface area contributed by atoms with Gasteiger partial charge in [0.2, 0.25) is 0 Å². The fourth-order valence-electron chi connectivity index (χ4n) is 1.26. The molecule has 0 aromatic heterocycles. The van der Waals surface area contributed by atoms with Crippen molar-refractivity contribution in [3.05, 3.63) is 30.3 Å². The first kappa shape index (κ1) is 8.75. The molecule has 1 unspecified atom stereocenters. The highest BCUT2D eigenvalue weighted by Gasteiger charge is 2.47. The summed E-state index contributed by atoms with van der Waals surface area (Å²) in [6.45, 7) is 0.439. The molecule has 4 nitrogen and oxygen atoms in total. The molecule has 1 heterocycles. The van der Waals surface area contributed by atoms with Gasteiger partial charge in [-0.15, -0.1) is 0 Å². The molecule has 2 rings (SSSR count). The van der Waals surface area contributed by atoms with E-state index in [1.54, 1.807) is 29.2 Å². The Hall–Kier alpha value is -0.830. The average Bonchev–Trinajstić information content (AvgIpc) is 2.83. The summed E-state index contributed by atoms with van der Waals surface area (Å²) in [7, 11) is -3.93. The van der Waals surface area contributed by atoms with Crippen LogP contribution < -0.4 is 4.90 Å². The predicted octanol–water partition coefficient (Wildman–Crippen LogP) is 0.811. The highest BCUT2D eigenvalue weighted by atomic mass is 31.2. The van der Waals surface area contributed by atoms with Crippen LogP contribution in [0.3, 0.4) is 0 Å². The van der Waals surface area contributed by atoms with Crippen LogP contribution in [0.1, 0.15) is 0 Å². The van der Waals surface area contributed by atoms with E-state index in [-0.39, 0.29) is 0 Å². The summed E-state index contributed by atoms with van der Waals surface area (Å²) in [5, 5.41) is 0. The zero-order valence-corrected chi connectivity index (χ0v) is 7.69. The lowest BCUT2D eigenvalue weighted by Crippen LogP contribution is -1.99. The van der Waals surface area contributed by atoms with Gasteiger partial charge in [0.25, 0.3) is 0 Å². The Morgan fingerprint density at radius 1 is 1.46 bits per heavy atom. The molecule has 1 radical (unpaired) electrons. The molecule has 13 heavy (non-hydrogen) atoms. The van der Waals surface area contributed by atoms with Crippen molar-refractivity contribution in [3.8, 4) is 0 Å². The molecular formula is C8H9NO3P. The molecule has 69 valence electrons. The van der Waals surface area contributed by atoms with Gasteiger partial charge in [0.1, 0.15) is 5.78 Å². The number of anilines is 1. The SMILES string of the molecule is O=P(O)(O)C1CN1c1cc[c]cc1. The maximum atomic E-state index is 10.8. The van der Waals surface area contributed by atoms with Gasteiger partial charge in [-0.2, -0.15) is 0 Å². The largest absolute Gasteiger partial charge is 0.353 e. The van der Waals surface area contributed by atoms with Crippen molar-refractivity contribution in [3.63, 3.8) is 0 Å². The van der Waals surface area contributed by atoms with Crippen molar-refractivity contribution in [1.29, 1.82) is 0 Å². The number of nitrogens with zero attached hydrogens (tertiary/aromatic N) is 1. The third-order valence-electron chi connectivity index (χ3n) is 2.01. The van der Waals surface area contributed by atoms with E-state index in [9.17, 15) is 4.57 Å². The highest BCUT2D eigenvalue weighted by Crippen LogP contribution is 2.52. The monoisotopic (exact) mass is 198 g/mol. The summed E-state index contributed by atoms with van der Waals surface area (Å²) < 4.78 is 10.8. The van der Waals surface area contributed by atoms with Gasteiger partial charge < -0.3 is 14.7 Å². The molecule has 0 spiro atoms. The quantitative estimate of drug-likeness (QED) is 0.545. The van der Waals surface area contributed by atoms with Crippen molar-refractivity contribution < 1.29 is 14.4 Å². The summed E-state index contributed by atoms with van der Waals surface area (Å²) in [6, 6.07) is 9.88. The Bertz CT molecular complexity index is 348. The van der Waals surface area contributed by atoms with E-state index in [4.69, 9.17) is 9.79 Å². The van der Waals surface area contributed by atoms with Crippen LogP contribution in [-0.4, -0.2) is 22.1 Å². The number of benzene rings is 1. The van der Waals surface area contributed by atoms with Crippen LogP contribution in [0.15, 0.2) is 24.3 Å². The standard InChI is InChI=1S/C8H9NO3P/c10-13(11,12)8-6-9(8)7-4-2-1-3-5-7/h2-5,8H,6H2,(H2,10,11,12). The fourth-order valence-corrected chi connectivity index (χ4v) is 2.15. The summed E-state index contributed by atoms with van der Waals surface area (Å²) in [4.78, 5) is 19.4. The molecule has 1 aliphatic heterocycles. The smallest absolute Gasteiger partial charge is 0.349 e. The lowest BCUT2D eigenvalue weighted by molar-refractivity contribution is 0.371. The number of hydrogen-bond acceptors (Lipinski definition) is 2. The van der Waals surface area contributed by atoms with Crippen LogP contribution in [0.5, 0.6) is 0 Å². The van der Waals surface area contributed by atoms with Crippen molar-refractivity contribution in [2.45, 2.75) is 5.78 Å². The second-order valence-corrected chi connectivity index (χ2v) is 4.75. The van der Waals surface area contributed by atoms with Crippen LogP contribution in [-0.2, 0) is 4.57 Å². The summed E-state index contributed by atoms with van der Waals surface area (Å²) in [5.41, 5.74) is 0.840. The van der Waals surface area contributed by atoms with E-state index < -0.39 is 13.4 Å². The minimum atomic E-state index is -3.93. The fraction of sp³-hybridized carbons (Fsp3) is 0.250. The molecule has 0 saturated carbocycles. The predicted molar refractivity (Wildman–Crippen MR) is 48.5 cm³/mol. The van der Waals surface area contributed by atoms with E-state index >= 15 is 0 Å². The highest BCUT2D eigenvalue weighted by molar-refractivity contribution is 7.53. The minimum Gasteiger partial charge on any atom is -0.353 e. The van der Waals surface area contributed by atoms with Crippen LogP contribution in [0.2, 0.25) is 0 Å². The lowest BCUT2D eigenvalue weighted by atomic mass is 10.3. The molecule has 0 amide bonds. The zero-order valence-electron chi connectivity index (χ0n) is 6.79. The topological polar surface area (TPSA) is 60.5 Å². The van der Waals surface area contributed by atoms with Gasteiger partial charge in [0.15, 0.2) is 0 Å². The van der Waals surface area contributed by atoms with E-state index in [1.807, 2.05) is 0 Å². The first-order valence-electron chi connectivity index (χ1n) is 3.87. The molecule has 1 aliphatic rings. The first-order valence-corrected chi connectivity index (χ1v) is 5.55. The van der Waals surface area contributed by atoms with E-state index in [2.05, 4.69) is 6.07 Å². The van der Waals surface area contributed by atoms with Crippen LogP contribution in [0.4, 0.5) is 5.69 Å². The molecule has 1 saturated heterocycles. The molecule has 1 aromatic rings. The van der Waals surface area contributed by atoms with Gasteiger partial charge in [-0.1, -0.05) is 12.1 Å². The molecule has 0 aliphatic carbocycles. The molecule has 2 N–H and O–H groups in total. The lowest BCUT2D eigenvalue weighted by Gasteiger charge is -2.05. The van der Waals surface area contributed by atoms with Crippen LogP contribution in [0, 0.1) is 6.07 Å². The summed E-state index contributed by atoms with van der Waals surface area (Å²) >= 11 is 0. The maximum Gasteiger partial charge on any atom is 0.349 e. The second-order valence-electron chi connectivity index (χ2n) is 2.98. The summed E-state index contributed by atoms with van der Waals surface area (Å²) in [6.07, 6.45) is 0. The second kappa shape index (κ2) is 2.84. The van der Waals surface area contributed by atoms with Crippen LogP contribution >= 0.6 is 7.60 Å². The molecule has 1 fully saturated rings. The van der Waals surface area contributed by atoms with Crippen molar-refractivity contribution in [2.75, 3.05) is 11.4 Å². The molecular weight excluding hydrogens is 189 g/mol. The third kappa shape index (κ3) is 1.75. The van der Waals surface area contributed by atoms with Gasteiger partial charge in [-0.05, 0) is 18.2 Å². The Morgan fingerprint density at radius 3 is 2.54 bits per heavy atom. The molecule has 0 bridgehead atoms. The van der Waals surface area contributed by atoms with Crippen molar-refractivity contribution in [2.24, 2.45) is 0 Å². The Balaban J connectivity index is 2.13. The van der Waals surface area contributed by atoms with E-state index in [1.165, 1.54) is 0 Å². The van der Waals surface area contributed by atoms with Crippen molar-refractivity contribution >= 4 is 13.3 Å². The van der Waals surface area contributed by atoms with Crippen molar-refractivity contribution in [1.82, 2.24) is 0 Å².